The zero-order valence-corrected chi connectivity index (χ0v) is 13.6. The van der Waals surface area contributed by atoms with E-state index < -0.39 is 30.5 Å². The standard InChI is InChI=1S/C18H14F5NO2/c1-10-7-11(26-9-18(21,22)23)5-6-12(10)15-8-25-17(24-15)16-13(19)3-2-4-14(16)20/h2-7,15H,8-9H2,1H3. The summed E-state index contributed by atoms with van der Waals surface area (Å²) >= 11 is 0. The maximum atomic E-state index is 13.8. The first kappa shape index (κ1) is 18.2. The first-order valence-corrected chi connectivity index (χ1v) is 7.69. The Morgan fingerprint density at radius 1 is 1.15 bits per heavy atom. The number of alkyl halides is 3. The molecule has 3 rings (SSSR count). The van der Waals surface area contributed by atoms with Gasteiger partial charge in [0.05, 0.1) is 0 Å². The smallest absolute Gasteiger partial charge is 0.422 e. The zero-order valence-electron chi connectivity index (χ0n) is 13.6. The van der Waals surface area contributed by atoms with E-state index in [2.05, 4.69) is 4.99 Å². The highest BCUT2D eigenvalue weighted by Crippen LogP contribution is 2.31. The van der Waals surface area contributed by atoms with Crippen molar-refractivity contribution in [2.24, 2.45) is 4.99 Å². The monoisotopic (exact) mass is 371 g/mol. The summed E-state index contributed by atoms with van der Waals surface area (Å²) < 4.78 is 74.4. The van der Waals surface area contributed by atoms with Gasteiger partial charge in [0.1, 0.15) is 35.6 Å². The summed E-state index contributed by atoms with van der Waals surface area (Å²) in [5.41, 5.74) is 0.978. The third-order valence-electron chi connectivity index (χ3n) is 3.83. The lowest BCUT2D eigenvalue weighted by atomic mass is 10.0. The van der Waals surface area contributed by atoms with Gasteiger partial charge in [-0.15, -0.1) is 0 Å². The third kappa shape index (κ3) is 3.95. The average molecular weight is 371 g/mol. The Morgan fingerprint density at radius 2 is 1.85 bits per heavy atom. The lowest BCUT2D eigenvalue weighted by molar-refractivity contribution is -0.153. The molecule has 2 aromatic carbocycles. The highest BCUT2D eigenvalue weighted by atomic mass is 19.4. The van der Waals surface area contributed by atoms with E-state index in [0.717, 1.165) is 12.1 Å². The summed E-state index contributed by atoms with van der Waals surface area (Å²) in [6.45, 7) is 0.382. The molecule has 1 atom stereocenters. The highest BCUT2D eigenvalue weighted by Gasteiger charge is 2.29. The van der Waals surface area contributed by atoms with Crippen LogP contribution in [-0.4, -0.2) is 25.3 Å². The molecule has 0 saturated carbocycles. The first-order chi connectivity index (χ1) is 12.2. The maximum absolute atomic E-state index is 13.8. The quantitative estimate of drug-likeness (QED) is 0.728. The molecule has 1 heterocycles. The van der Waals surface area contributed by atoms with E-state index in [-0.39, 0.29) is 23.8 Å². The van der Waals surface area contributed by atoms with Crippen molar-refractivity contribution in [3.8, 4) is 5.75 Å². The number of aryl methyl sites for hydroxylation is 1. The van der Waals surface area contributed by atoms with Crippen LogP contribution in [0.4, 0.5) is 22.0 Å². The van der Waals surface area contributed by atoms with Crippen molar-refractivity contribution >= 4 is 5.90 Å². The first-order valence-electron chi connectivity index (χ1n) is 7.69. The normalized spacial score (nSPS) is 17.0. The van der Waals surface area contributed by atoms with Crippen molar-refractivity contribution < 1.29 is 31.4 Å². The fourth-order valence-corrected chi connectivity index (χ4v) is 2.65. The second kappa shape index (κ2) is 6.93. The van der Waals surface area contributed by atoms with Gasteiger partial charge in [-0.05, 0) is 42.3 Å². The van der Waals surface area contributed by atoms with Crippen LogP contribution in [0.25, 0.3) is 0 Å². The molecule has 26 heavy (non-hydrogen) atoms. The molecule has 0 bridgehead atoms. The van der Waals surface area contributed by atoms with Crippen molar-refractivity contribution in [2.45, 2.75) is 19.1 Å². The van der Waals surface area contributed by atoms with Crippen LogP contribution in [0.15, 0.2) is 41.4 Å². The van der Waals surface area contributed by atoms with Crippen molar-refractivity contribution in [2.75, 3.05) is 13.2 Å². The fourth-order valence-electron chi connectivity index (χ4n) is 2.65. The minimum Gasteiger partial charge on any atom is -0.484 e. The summed E-state index contributed by atoms with van der Waals surface area (Å²) in [6, 6.07) is 7.36. The van der Waals surface area contributed by atoms with Gasteiger partial charge in [-0.25, -0.2) is 13.8 Å². The van der Waals surface area contributed by atoms with Crippen LogP contribution in [0, 0.1) is 18.6 Å². The van der Waals surface area contributed by atoms with E-state index in [0.29, 0.717) is 11.1 Å². The minimum atomic E-state index is -4.42. The number of rotatable bonds is 4. The van der Waals surface area contributed by atoms with Gasteiger partial charge in [0.2, 0.25) is 5.90 Å². The van der Waals surface area contributed by atoms with Gasteiger partial charge in [-0.1, -0.05) is 12.1 Å². The molecule has 0 saturated heterocycles. The molecule has 1 unspecified atom stereocenters. The van der Waals surface area contributed by atoms with Crippen molar-refractivity contribution in [1.82, 2.24) is 0 Å². The number of nitrogens with zero attached hydrogens (tertiary/aromatic N) is 1. The Bertz CT molecular complexity index is 828. The number of benzene rings is 2. The van der Waals surface area contributed by atoms with Crippen molar-refractivity contribution in [3.63, 3.8) is 0 Å². The second-order valence-corrected chi connectivity index (χ2v) is 5.78. The zero-order chi connectivity index (χ0) is 18.9. The molecule has 0 N–H and O–H groups in total. The van der Waals surface area contributed by atoms with Crippen LogP contribution in [0.5, 0.6) is 5.75 Å². The van der Waals surface area contributed by atoms with E-state index in [1.54, 1.807) is 13.0 Å². The number of halogens is 5. The van der Waals surface area contributed by atoms with Gasteiger partial charge in [0, 0.05) is 0 Å². The van der Waals surface area contributed by atoms with Crippen LogP contribution >= 0.6 is 0 Å². The van der Waals surface area contributed by atoms with Crippen LogP contribution < -0.4 is 4.74 Å². The Labute approximate surface area is 146 Å². The minimum absolute atomic E-state index is 0.0758. The average Bonchev–Trinajstić information content (AvgIpc) is 3.01. The fraction of sp³-hybridized carbons (Fsp3) is 0.278. The SMILES string of the molecule is Cc1cc(OCC(F)(F)F)ccc1C1COC(c2c(F)cccc2F)=N1. The Morgan fingerprint density at radius 3 is 2.46 bits per heavy atom. The predicted octanol–water partition coefficient (Wildman–Crippen LogP) is 4.73. The van der Waals surface area contributed by atoms with Crippen molar-refractivity contribution in [1.29, 1.82) is 0 Å². The summed E-state index contributed by atoms with van der Waals surface area (Å²) in [6.07, 6.45) is -4.42. The Hall–Kier alpha value is -2.64. The molecule has 1 aliphatic heterocycles. The van der Waals surface area contributed by atoms with Crippen LogP contribution in [0.1, 0.15) is 22.7 Å². The number of ether oxygens (including phenoxy) is 2. The molecular weight excluding hydrogens is 357 g/mol. The lowest BCUT2D eigenvalue weighted by Gasteiger charge is -2.13. The number of hydrogen-bond acceptors (Lipinski definition) is 3. The summed E-state index contributed by atoms with van der Waals surface area (Å²) in [7, 11) is 0. The molecule has 1 aliphatic rings. The van der Waals surface area contributed by atoms with E-state index in [1.165, 1.54) is 18.2 Å². The molecule has 8 heteroatoms. The molecule has 138 valence electrons. The Kier molecular flexibility index (Phi) is 4.84. The maximum Gasteiger partial charge on any atom is 0.422 e. The lowest BCUT2D eigenvalue weighted by Crippen LogP contribution is -2.19. The van der Waals surface area contributed by atoms with Crippen molar-refractivity contribution in [3.05, 3.63) is 64.7 Å². The topological polar surface area (TPSA) is 30.8 Å². The van der Waals surface area contributed by atoms with Crippen LogP contribution in [0.2, 0.25) is 0 Å². The van der Waals surface area contributed by atoms with Gasteiger partial charge in [-0.2, -0.15) is 13.2 Å². The third-order valence-corrected chi connectivity index (χ3v) is 3.83. The molecule has 0 spiro atoms. The van der Waals surface area contributed by atoms with Gasteiger partial charge in [0.25, 0.3) is 0 Å². The molecule has 3 nitrogen and oxygen atoms in total. The predicted molar refractivity (Wildman–Crippen MR) is 84.3 cm³/mol. The summed E-state index contributed by atoms with van der Waals surface area (Å²) in [5, 5.41) is 0. The molecular formula is C18H14F5NO2. The van der Waals surface area contributed by atoms with E-state index in [4.69, 9.17) is 9.47 Å². The van der Waals surface area contributed by atoms with Crippen LogP contribution in [-0.2, 0) is 4.74 Å². The van der Waals surface area contributed by atoms with E-state index in [1.807, 2.05) is 0 Å². The van der Waals surface area contributed by atoms with Gasteiger partial charge < -0.3 is 9.47 Å². The molecule has 0 aromatic heterocycles. The summed E-state index contributed by atoms with van der Waals surface area (Å²) in [5.74, 6) is -1.62. The van der Waals surface area contributed by atoms with E-state index in [9.17, 15) is 22.0 Å². The second-order valence-electron chi connectivity index (χ2n) is 5.78. The number of aliphatic imine (C=N–C) groups is 1. The largest absolute Gasteiger partial charge is 0.484 e. The molecule has 0 amide bonds. The van der Waals surface area contributed by atoms with Crippen LogP contribution in [0.3, 0.4) is 0 Å². The molecule has 2 aromatic rings. The summed E-state index contributed by atoms with van der Waals surface area (Å²) in [4.78, 5) is 4.22. The number of hydrogen-bond donors (Lipinski definition) is 0. The van der Waals surface area contributed by atoms with E-state index >= 15 is 0 Å². The molecule has 0 aliphatic carbocycles. The van der Waals surface area contributed by atoms with Gasteiger partial charge in [-0.3, -0.25) is 0 Å². The van der Waals surface area contributed by atoms with Gasteiger partial charge >= 0.3 is 6.18 Å². The highest BCUT2D eigenvalue weighted by molar-refractivity contribution is 5.95. The molecule has 0 radical (unpaired) electrons. The Balaban J connectivity index is 1.81. The van der Waals surface area contributed by atoms with Gasteiger partial charge in [0.15, 0.2) is 6.61 Å². The molecule has 0 fully saturated rings.